The van der Waals surface area contributed by atoms with E-state index in [2.05, 4.69) is 0 Å². The fourth-order valence-electron chi connectivity index (χ4n) is 1.14. The Hall–Kier alpha value is -1.27. The first-order valence-electron chi connectivity index (χ1n) is 4.22. The topological polar surface area (TPSA) is 83.8 Å². The number of ether oxygens (including phenoxy) is 1. The summed E-state index contributed by atoms with van der Waals surface area (Å²) in [4.78, 5) is -0.112. The van der Waals surface area contributed by atoms with Crippen LogP contribution in [0.25, 0.3) is 0 Å². The molecule has 0 heterocycles. The van der Waals surface area contributed by atoms with E-state index in [4.69, 9.17) is 9.84 Å². The summed E-state index contributed by atoms with van der Waals surface area (Å²) in [5.74, 6) is -0.402. The van der Waals surface area contributed by atoms with Crippen LogP contribution in [0.5, 0.6) is 11.5 Å². The SMILES string of the molecule is COc1ccc(O)cc1S(=O)(=O)CCO. The van der Waals surface area contributed by atoms with Crippen LogP contribution < -0.4 is 4.74 Å². The second-order valence-electron chi connectivity index (χ2n) is 2.88. The molecule has 0 saturated carbocycles. The number of aliphatic hydroxyl groups is 1. The van der Waals surface area contributed by atoms with E-state index in [-0.39, 0.29) is 16.4 Å². The van der Waals surface area contributed by atoms with E-state index in [0.29, 0.717) is 0 Å². The van der Waals surface area contributed by atoms with Crippen LogP contribution in [0.3, 0.4) is 0 Å². The fourth-order valence-corrected chi connectivity index (χ4v) is 2.36. The van der Waals surface area contributed by atoms with Crippen molar-refractivity contribution in [3.63, 3.8) is 0 Å². The zero-order chi connectivity index (χ0) is 11.5. The van der Waals surface area contributed by atoms with Gasteiger partial charge in [0, 0.05) is 6.07 Å². The molecular formula is C9H12O5S. The van der Waals surface area contributed by atoms with Crippen LogP contribution >= 0.6 is 0 Å². The molecule has 1 rings (SSSR count). The van der Waals surface area contributed by atoms with E-state index in [1.807, 2.05) is 0 Å². The van der Waals surface area contributed by atoms with Gasteiger partial charge in [0.15, 0.2) is 9.84 Å². The highest BCUT2D eigenvalue weighted by molar-refractivity contribution is 7.91. The van der Waals surface area contributed by atoms with Crippen molar-refractivity contribution in [3.8, 4) is 11.5 Å². The Morgan fingerprint density at radius 3 is 2.60 bits per heavy atom. The van der Waals surface area contributed by atoms with Crippen LogP contribution in [0.4, 0.5) is 0 Å². The van der Waals surface area contributed by atoms with Gasteiger partial charge in [0.2, 0.25) is 0 Å². The lowest BCUT2D eigenvalue weighted by molar-refractivity contribution is 0.319. The van der Waals surface area contributed by atoms with E-state index in [0.717, 1.165) is 6.07 Å². The molecule has 0 radical (unpaired) electrons. The largest absolute Gasteiger partial charge is 0.508 e. The predicted molar refractivity (Wildman–Crippen MR) is 53.8 cm³/mol. The highest BCUT2D eigenvalue weighted by Crippen LogP contribution is 2.28. The standard InChI is InChI=1S/C9H12O5S/c1-14-8-3-2-7(11)6-9(8)15(12,13)5-4-10/h2-3,6,10-11H,4-5H2,1H3. The van der Waals surface area contributed by atoms with E-state index in [1.165, 1.54) is 19.2 Å². The summed E-state index contributed by atoms with van der Waals surface area (Å²) in [5, 5.41) is 17.8. The van der Waals surface area contributed by atoms with Gasteiger partial charge in [0.25, 0.3) is 0 Å². The molecular weight excluding hydrogens is 220 g/mol. The minimum absolute atomic E-state index is 0.112. The molecule has 6 heteroatoms. The third kappa shape index (κ3) is 2.60. The van der Waals surface area contributed by atoms with Crippen molar-refractivity contribution in [1.29, 1.82) is 0 Å². The normalized spacial score (nSPS) is 11.3. The molecule has 0 aliphatic rings. The molecule has 2 N–H and O–H groups in total. The first-order valence-corrected chi connectivity index (χ1v) is 5.87. The van der Waals surface area contributed by atoms with Crippen molar-refractivity contribution in [3.05, 3.63) is 18.2 Å². The minimum Gasteiger partial charge on any atom is -0.508 e. The second kappa shape index (κ2) is 4.50. The van der Waals surface area contributed by atoms with E-state index < -0.39 is 22.2 Å². The number of rotatable bonds is 4. The maximum absolute atomic E-state index is 11.6. The van der Waals surface area contributed by atoms with Crippen LogP contribution in [-0.2, 0) is 9.84 Å². The van der Waals surface area contributed by atoms with Crippen LogP contribution in [-0.4, -0.2) is 38.1 Å². The summed E-state index contributed by atoms with van der Waals surface area (Å²) in [6.45, 7) is -0.471. The molecule has 1 aromatic carbocycles. The Morgan fingerprint density at radius 1 is 1.40 bits per heavy atom. The Kier molecular flexibility index (Phi) is 3.54. The molecule has 84 valence electrons. The minimum atomic E-state index is -3.61. The maximum Gasteiger partial charge on any atom is 0.184 e. The molecule has 5 nitrogen and oxygen atoms in total. The average Bonchev–Trinajstić information content (AvgIpc) is 2.17. The molecule has 0 bridgehead atoms. The van der Waals surface area contributed by atoms with Crippen molar-refractivity contribution in [2.24, 2.45) is 0 Å². The number of aromatic hydroxyl groups is 1. The fraction of sp³-hybridized carbons (Fsp3) is 0.333. The number of methoxy groups -OCH3 is 1. The molecule has 1 aromatic rings. The lowest BCUT2D eigenvalue weighted by Crippen LogP contribution is -2.11. The van der Waals surface area contributed by atoms with Crippen molar-refractivity contribution in [2.75, 3.05) is 19.5 Å². The second-order valence-corrected chi connectivity index (χ2v) is 4.96. The molecule has 15 heavy (non-hydrogen) atoms. The van der Waals surface area contributed by atoms with Crippen molar-refractivity contribution < 1.29 is 23.4 Å². The molecule has 0 saturated heterocycles. The van der Waals surface area contributed by atoms with Crippen LogP contribution in [0, 0.1) is 0 Å². The van der Waals surface area contributed by atoms with Gasteiger partial charge in [0.1, 0.15) is 16.4 Å². The zero-order valence-corrected chi connectivity index (χ0v) is 8.99. The van der Waals surface area contributed by atoms with Gasteiger partial charge in [0.05, 0.1) is 19.5 Å². The molecule has 0 aliphatic heterocycles. The number of phenols is 1. The van der Waals surface area contributed by atoms with Gasteiger partial charge in [-0.25, -0.2) is 8.42 Å². The summed E-state index contributed by atoms with van der Waals surface area (Å²) in [6.07, 6.45) is 0. The Morgan fingerprint density at radius 2 is 2.07 bits per heavy atom. The molecule has 0 aromatic heterocycles. The summed E-state index contributed by atoms with van der Waals surface area (Å²) < 4.78 is 28.1. The number of aliphatic hydroxyl groups excluding tert-OH is 1. The van der Waals surface area contributed by atoms with Crippen molar-refractivity contribution in [2.45, 2.75) is 4.90 Å². The summed E-state index contributed by atoms with van der Waals surface area (Å²) in [7, 11) is -2.27. The average molecular weight is 232 g/mol. The van der Waals surface area contributed by atoms with Gasteiger partial charge in [-0.1, -0.05) is 0 Å². The lowest BCUT2D eigenvalue weighted by Gasteiger charge is -2.08. The van der Waals surface area contributed by atoms with E-state index in [9.17, 15) is 13.5 Å². The van der Waals surface area contributed by atoms with Gasteiger partial charge < -0.3 is 14.9 Å². The summed E-state index contributed by atoms with van der Waals surface area (Å²) in [5.41, 5.74) is 0. The van der Waals surface area contributed by atoms with Crippen molar-refractivity contribution >= 4 is 9.84 Å². The molecule has 0 spiro atoms. The highest BCUT2D eigenvalue weighted by atomic mass is 32.2. The maximum atomic E-state index is 11.6. The summed E-state index contributed by atoms with van der Waals surface area (Å²) in [6, 6.07) is 3.79. The third-order valence-electron chi connectivity index (χ3n) is 1.84. The summed E-state index contributed by atoms with van der Waals surface area (Å²) >= 11 is 0. The zero-order valence-electron chi connectivity index (χ0n) is 8.17. The Labute approximate surface area is 87.9 Å². The molecule has 0 aliphatic carbocycles. The third-order valence-corrected chi connectivity index (χ3v) is 3.55. The first-order chi connectivity index (χ1) is 7.01. The Balaban J connectivity index is 3.28. The number of hydrogen-bond donors (Lipinski definition) is 2. The molecule has 0 amide bonds. The van der Waals surface area contributed by atoms with Crippen molar-refractivity contribution in [1.82, 2.24) is 0 Å². The molecule has 0 fully saturated rings. The van der Waals surface area contributed by atoms with E-state index in [1.54, 1.807) is 0 Å². The van der Waals surface area contributed by atoms with Gasteiger partial charge in [-0.15, -0.1) is 0 Å². The number of benzene rings is 1. The van der Waals surface area contributed by atoms with E-state index >= 15 is 0 Å². The predicted octanol–water partition coefficient (Wildman–Crippen LogP) is 0.167. The first kappa shape index (κ1) is 11.8. The van der Waals surface area contributed by atoms with Crippen LogP contribution in [0.1, 0.15) is 0 Å². The molecule has 0 unspecified atom stereocenters. The highest BCUT2D eigenvalue weighted by Gasteiger charge is 2.19. The van der Waals surface area contributed by atoms with Crippen LogP contribution in [0.15, 0.2) is 23.1 Å². The molecule has 0 atom stereocenters. The lowest BCUT2D eigenvalue weighted by atomic mass is 10.3. The number of phenolic OH excluding ortho intramolecular Hbond substituents is 1. The van der Waals surface area contributed by atoms with Gasteiger partial charge in [-0.05, 0) is 12.1 Å². The smallest absolute Gasteiger partial charge is 0.184 e. The monoisotopic (exact) mass is 232 g/mol. The Bertz CT molecular complexity index is 438. The quantitative estimate of drug-likeness (QED) is 0.773. The van der Waals surface area contributed by atoms with Gasteiger partial charge in [-0.3, -0.25) is 0 Å². The van der Waals surface area contributed by atoms with Gasteiger partial charge in [-0.2, -0.15) is 0 Å². The number of sulfone groups is 1. The number of hydrogen-bond acceptors (Lipinski definition) is 5. The van der Waals surface area contributed by atoms with Gasteiger partial charge >= 0.3 is 0 Å². The van der Waals surface area contributed by atoms with Crippen LogP contribution in [0.2, 0.25) is 0 Å².